The van der Waals surface area contributed by atoms with Crippen molar-refractivity contribution < 1.29 is 28.2 Å². The molecule has 9 nitrogen and oxygen atoms in total. The molecule has 196 valence electrons. The second kappa shape index (κ2) is 12.0. The topological polar surface area (TPSA) is 104 Å². The number of hydrogen-bond acceptors (Lipinski definition) is 7. The molecule has 0 saturated heterocycles. The second-order valence-corrected chi connectivity index (χ2v) is 8.55. The Hall–Kier alpha value is -4.79. The first-order chi connectivity index (χ1) is 18.3. The summed E-state index contributed by atoms with van der Waals surface area (Å²) in [6, 6.07) is 22.1. The molecular formula is C29H29N3O6. The van der Waals surface area contributed by atoms with Crippen molar-refractivity contribution in [3.05, 3.63) is 101 Å². The van der Waals surface area contributed by atoms with Crippen LogP contribution in [0, 0.1) is 13.8 Å². The van der Waals surface area contributed by atoms with Crippen molar-refractivity contribution in [1.29, 1.82) is 0 Å². The van der Waals surface area contributed by atoms with Gasteiger partial charge < -0.3 is 23.2 Å². The summed E-state index contributed by atoms with van der Waals surface area (Å²) >= 11 is 0. The van der Waals surface area contributed by atoms with E-state index in [1.807, 2.05) is 24.3 Å². The van der Waals surface area contributed by atoms with Gasteiger partial charge in [0.05, 0.1) is 13.3 Å². The zero-order chi connectivity index (χ0) is 27.1. The van der Waals surface area contributed by atoms with Crippen LogP contribution in [0.5, 0.6) is 11.5 Å². The molecule has 1 N–H and O–H groups in total. The number of furan rings is 1. The van der Waals surface area contributed by atoms with E-state index in [0.717, 1.165) is 22.6 Å². The van der Waals surface area contributed by atoms with Gasteiger partial charge in [-0.15, -0.1) is 0 Å². The van der Waals surface area contributed by atoms with Crippen LogP contribution in [0.25, 0.3) is 5.69 Å². The number of hydrazone groups is 1. The van der Waals surface area contributed by atoms with E-state index in [9.17, 15) is 9.59 Å². The molecule has 9 heteroatoms. The molecule has 0 bridgehead atoms. The maximum absolute atomic E-state index is 12.4. The molecule has 0 spiro atoms. The van der Waals surface area contributed by atoms with Gasteiger partial charge in [-0.1, -0.05) is 0 Å². The van der Waals surface area contributed by atoms with Gasteiger partial charge in [0.15, 0.2) is 11.9 Å². The summed E-state index contributed by atoms with van der Waals surface area (Å²) in [5.74, 6) is 0.891. The molecule has 1 amide bonds. The summed E-state index contributed by atoms with van der Waals surface area (Å²) in [7, 11) is 1.31. The minimum atomic E-state index is -0.716. The number of nitrogens with zero attached hydrogens (tertiary/aromatic N) is 2. The highest BCUT2D eigenvalue weighted by molar-refractivity contribution is 5.92. The summed E-state index contributed by atoms with van der Waals surface area (Å²) in [6.45, 7) is 5.92. The number of amides is 1. The number of aryl methyl sites for hydroxylation is 2. The molecule has 0 aliphatic carbocycles. The van der Waals surface area contributed by atoms with E-state index in [1.54, 1.807) is 43.3 Å². The molecule has 0 saturated carbocycles. The third-order valence-electron chi connectivity index (χ3n) is 5.74. The van der Waals surface area contributed by atoms with Crippen molar-refractivity contribution in [3.63, 3.8) is 0 Å². The molecule has 0 radical (unpaired) electrons. The lowest BCUT2D eigenvalue weighted by atomic mass is 10.2. The van der Waals surface area contributed by atoms with E-state index >= 15 is 0 Å². The normalized spacial score (nSPS) is 11.8. The fourth-order valence-corrected chi connectivity index (χ4v) is 3.77. The van der Waals surface area contributed by atoms with Crippen LogP contribution in [0.1, 0.15) is 40.2 Å². The average Bonchev–Trinajstić information content (AvgIpc) is 3.54. The average molecular weight is 516 g/mol. The number of ether oxygens (including phenoxy) is 3. The summed E-state index contributed by atoms with van der Waals surface area (Å²) < 4.78 is 23.7. The molecule has 4 rings (SSSR count). The first kappa shape index (κ1) is 26.3. The standard InChI is InChI=1S/C29H29N3O6/c1-19-5-6-20(2)32(19)23-9-13-24(14-10-23)36-18-26-15-16-27(38-26)28(33)31-30-17-22-7-11-25(12-8-22)37-21(3)29(34)35-4/h5-17,21H,18H2,1-4H3,(H,31,33)/b30-17+/t21-/m1/s1. The summed E-state index contributed by atoms with van der Waals surface area (Å²) in [4.78, 5) is 23.8. The smallest absolute Gasteiger partial charge is 0.346 e. The molecule has 2 aromatic carbocycles. The van der Waals surface area contributed by atoms with E-state index < -0.39 is 18.0 Å². The van der Waals surface area contributed by atoms with E-state index in [4.69, 9.17) is 13.9 Å². The van der Waals surface area contributed by atoms with Crippen LogP contribution in [0.15, 0.2) is 82.3 Å². The highest BCUT2D eigenvalue weighted by Gasteiger charge is 2.14. The van der Waals surface area contributed by atoms with Crippen molar-refractivity contribution >= 4 is 18.1 Å². The third kappa shape index (κ3) is 6.50. The van der Waals surface area contributed by atoms with Gasteiger partial charge in [0.25, 0.3) is 0 Å². The number of benzene rings is 2. The third-order valence-corrected chi connectivity index (χ3v) is 5.74. The number of carbonyl (C=O) groups excluding carboxylic acids is 2. The molecule has 1 atom stereocenters. The molecule has 38 heavy (non-hydrogen) atoms. The quantitative estimate of drug-likeness (QED) is 0.182. The molecule has 4 aromatic rings. The summed E-state index contributed by atoms with van der Waals surface area (Å²) in [5.41, 5.74) is 6.55. The molecule has 2 heterocycles. The van der Waals surface area contributed by atoms with E-state index in [0.29, 0.717) is 17.3 Å². The Morgan fingerprint density at radius 3 is 2.26 bits per heavy atom. The minimum Gasteiger partial charge on any atom is -0.486 e. The maximum Gasteiger partial charge on any atom is 0.346 e. The van der Waals surface area contributed by atoms with Crippen molar-refractivity contribution in [2.24, 2.45) is 5.10 Å². The lowest BCUT2D eigenvalue weighted by molar-refractivity contribution is -0.147. The van der Waals surface area contributed by atoms with Gasteiger partial charge in [-0.2, -0.15) is 5.10 Å². The van der Waals surface area contributed by atoms with E-state index in [1.165, 1.54) is 13.3 Å². The Morgan fingerprint density at radius 1 is 0.947 bits per heavy atom. The Kier molecular flexibility index (Phi) is 8.27. The number of esters is 1. The summed E-state index contributed by atoms with van der Waals surface area (Å²) in [5, 5.41) is 3.96. The van der Waals surface area contributed by atoms with Crippen LogP contribution in [-0.4, -0.2) is 35.9 Å². The number of hydrogen-bond donors (Lipinski definition) is 1. The Labute approximate surface area is 220 Å². The molecular weight excluding hydrogens is 486 g/mol. The van der Waals surface area contributed by atoms with Gasteiger partial charge in [0, 0.05) is 17.1 Å². The fourth-order valence-electron chi connectivity index (χ4n) is 3.77. The first-order valence-electron chi connectivity index (χ1n) is 12.0. The Morgan fingerprint density at radius 2 is 1.61 bits per heavy atom. The number of aromatic nitrogens is 1. The molecule has 0 fully saturated rings. The lowest BCUT2D eigenvalue weighted by Crippen LogP contribution is -2.24. The fraction of sp³-hybridized carbons (Fsp3) is 0.207. The largest absolute Gasteiger partial charge is 0.486 e. The molecule has 0 unspecified atom stereocenters. The van der Waals surface area contributed by atoms with Crippen molar-refractivity contribution in [1.82, 2.24) is 9.99 Å². The van der Waals surface area contributed by atoms with Crippen LogP contribution in [-0.2, 0) is 16.1 Å². The zero-order valence-electron chi connectivity index (χ0n) is 21.6. The van der Waals surface area contributed by atoms with Crippen molar-refractivity contribution in [2.75, 3.05) is 7.11 Å². The first-order valence-corrected chi connectivity index (χ1v) is 12.0. The number of nitrogens with one attached hydrogen (secondary N) is 1. The Bertz CT molecular complexity index is 1400. The number of carbonyl (C=O) groups is 2. The molecule has 0 aliphatic rings. The number of rotatable bonds is 10. The highest BCUT2D eigenvalue weighted by atomic mass is 16.6. The van der Waals surface area contributed by atoms with Gasteiger partial charge in [-0.3, -0.25) is 4.79 Å². The van der Waals surface area contributed by atoms with Crippen LogP contribution < -0.4 is 14.9 Å². The second-order valence-electron chi connectivity index (χ2n) is 8.55. The monoisotopic (exact) mass is 515 g/mol. The predicted octanol–water partition coefficient (Wildman–Crippen LogP) is 4.97. The molecule has 2 aromatic heterocycles. The SMILES string of the molecule is COC(=O)[C@@H](C)Oc1ccc(/C=N/NC(=O)c2ccc(COc3ccc(-n4c(C)ccc4C)cc3)o2)cc1. The van der Waals surface area contributed by atoms with Crippen LogP contribution in [0.2, 0.25) is 0 Å². The van der Waals surface area contributed by atoms with Gasteiger partial charge in [0.1, 0.15) is 23.9 Å². The summed E-state index contributed by atoms with van der Waals surface area (Å²) in [6.07, 6.45) is 0.769. The van der Waals surface area contributed by atoms with Gasteiger partial charge >= 0.3 is 11.9 Å². The van der Waals surface area contributed by atoms with Crippen LogP contribution in [0.4, 0.5) is 0 Å². The van der Waals surface area contributed by atoms with E-state index in [-0.39, 0.29) is 12.4 Å². The Balaban J connectivity index is 1.26. The van der Waals surface area contributed by atoms with Gasteiger partial charge in [-0.25, -0.2) is 10.2 Å². The lowest BCUT2D eigenvalue weighted by Gasteiger charge is -2.12. The van der Waals surface area contributed by atoms with Crippen LogP contribution >= 0.6 is 0 Å². The van der Waals surface area contributed by atoms with E-state index in [2.05, 4.69) is 45.8 Å². The van der Waals surface area contributed by atoms with Crippen molar-refractivity contribution in [3.8, 4) is 17.2 Å². The van der Waals surface area contributed by atoms with Crippen molar-refractivity contribution in [2.45, 2.75) is 33.5 Å². The predicted molar refractivity (Wildman–Crippen MR) is 142 cm³/mol. The van der Waals surface area contributed by atoms with Gasteiger partial charge in [-0.05, 0) is 99.1 Å². The maximum atomic E-state index is 12.4. The highest BCUT2D eigenvalue weighted by Crippen LogP contribution is 2.21. The molecule has 0 aliphatic heterocycles. The van der Waals surface area contributed by atoms with Gasteiger partial charge in [0.2, 0.25) is 0 Å². The number of methoxy groups -OCH3 is 1. The zero-order valence-corrected chi connectivity index (χ0v) is 21.6. The minimum absolute atomic E-state index is 0.121. The van der Waals surface area contributed by atoms with Crippen LogP contribution in [0.3, 0.4) is 0 Å².